The second-order valence-electron chi connectivity index (χ2n) is 3.19. The molecule has 1 rings (SSSR count). The Morgan fingerprint density at radius 2 is 1.94 bits per heavy atom. The number of amides is 1. The average molecular weight is 241 g/mol. The maximum Gasteiger partial charge on any atom is 0.234 e. The Labute approximate surface area is 94.7 Å². The number of sulfonamides is 1. The molecule has 0 aliphatic carbocycles. The highest BCUT2D eigenvalue weighted by Crippen LogP contribution is 2.00. The van der Waals surface area contributed by atoms with Gasteiger partial charge in [0.1, 0.15) is 5.75 Å². The normalized spacial score (nSPS) is 11.2. The molecule has 0 aliphatic rings. The van der Waals surface area contributed by atoms with Gasteiger partial charge in [-0.1, -0.05) is 30.3 Å². The predicted octanol–water partition coefficient (Wildman–Crippen LogP) is -0.356. The minimum absolute atomic E-state index is 0.139. The molecule has 0 spiro atoms. The van der Waals surface area contributed by atoms with Crippen molar-refractivity contribution >= 4 is 15.9 Å². The Morgan fingerprint density at radius 1 is 1.31 bits per heavy atom. The highest BCUT2D eigenvalue weighted by atomic mass is 32.2. The third-order valence-corrected chi connectivity index (χ3v) is 3.04. The van der Waals surface area contributed by atoms with Crippen molar-refractivity contribution in [3.63, 3.8) is 0 Å². The summed E-state index contributed by atoms with van der Waals surface area (Å²) in [6.45, 7) is 0.139. The van der Waals surface area contributed by atoms with E-state index in [-0.39, 0.29) is 6.54 Å². The minimum Gasteiger partial charge on any atom is -0.369 e. The maximum absolute atomic E-state index is 11.2. The summed E-state index contributed by atoms with van der Waals surface area (Å²) in [6.07, 6.45) is 1.71. The Hall–Kier alpha value is -1.40. The van der Waals surface area contributed by atoms with E-state index in [0.717, 1.165) is 5.56 Å². The van der Waals surface area contributed by atoms with Crippen LogP contribution in [0.5, 0.6) is 0 Å². The zero-order chi connectivity index (χ0) is 12.0. The molecule has 1 radical (unpaired) electrons. The summed E-state index contributed by atoms with van der Waals surface area (Å²) < 4.78 is 24.7. The number of carbonyl (C=O) groups excluding carboxylic acids is 1. The highest BCUT2D eigenvalue weighted by Gasteiger charge is 2.12. The van der Waals surface area contributed by atoms with E-state index in [4.69, 9.17) is 5.73 Å². The standard InChI is InChI=1S/C10H13N2O3S/c11-10(13)8-16(14,15)12-7-6-9-4-2-1-3-5-9/h1-6,12H,7-8H2,(H2,11,13). The molecule has 0 saturated heterocycles. The molecule has 0 aromatic heterocycles. The first-order chi connectivity index (χ1) is 7.49. The van der Waals surface area contributed by atoms with Gasteiger partial charge in [-0.15, -0.1) is 0 Å². The van der Waals surface area contributed by atoms with Crippen LogP contribution in [-0.4, -0.2) is 26.6 Å². The lowest BCUT2D eigenvalue weighted by atomic mass is 10.2. The van der Waals surface area contributed by atoms with Gasteiger partial charge in [-0.25, -0.2) is 13.1 Å². The molecule has 1 amide bonds. The van der Waals surface area contributed by atoms with E-state index in [1.165, 1.54) is 0 Å². The molecule has 3 N–H and O–H groups in total. The molecule has 0 fully saturated rings. The van der Waals surface area contributed by atoms with Crippen molar-refractivity contribution < 1.29 is 13.2 Å². The number of hydrogen-bond donors (Lipinski definition) is 2. The van der Waals surface area contributed by atoms with Crippen LogP contribution in [0.15, 0.2) is 30.3 Å². The van der Waals surface area contributed by atoms with Crippen molar-refractivity contribution in [3.05, 3.63) is 42.3 Å². The van der Waals surface area contributed by atoms with Crippen LogP contribution in [0.2, 0.25) is 0 Å². The maximum atomic E-state index is 11.2. The quantitative estimate of drug-likeness (QED) is 0.713. The van der Waals surface area contributed by atoms with Gasteiger partial charge in [0.15, 0.2) is 0 Å². The van der Waals surface area contributed by atoms with Gasteiger partial charge in [-0.3, -0.25) is 4.79 Å². The lowest BCUT2D eigenvalue weighted by Crippen LogP contribution is -2.33. The van der Waals surface area contributed by atoms with Crippen molar-refractivity contribution in [2.24, 2.45) is 5.73 Å². The number of primary amides is 1. The number of rotatable bonds is 6. The van der Waals surface area contributed by atoms with E-state index in [1.54, 1.807) is 6.42 Å². The highest BCUT2D eigenvalue weighted by molar-refractivity contribution is 7.90. The molecule has 1 aromatic rings. The molecule has 0 aliphatic heterocycles. The summed E-state index contributed by atoms with van der Waals surface area (Å²) >= 11 is 0. The topological polar surface area (TPSA) is 89.3 Å². The van der Waals surface area contributed by atoms with Crippen molar-refractivity contribution in [1.29, 1.82) is 0 Å². The number of carbonyl (C=O) groups is 1. The van der Waals surface area contributed by atoms with E-state index in [9.17, 15) is 13.2 Å². The van der Waals surface area contributed by atoms with Crippen molar-refractivity contribution in [1.82, 2.24) is 4.72 Å². The first-order valence-electron chi connectivity index (χ1n) is 4.63. The molecule has 5 nitrogen and oxygen atoms in total. The number of nitrogens with one attached hydrogen (secondary N) is 1. The predicted molar refractivity (Wildman–Crippen MR) is 60.8 cm³/mol. The van der Waals surface area contributed by atoms with Gasteiger partial charge in [0, 0.05) is 13.0 Å². The van der Waals surface area contributed by atoms with Gasteiger partial charge in [-0.05, 0) is 5.56 Å². The summed E-state index contributed by atoms with van der Waals surface area (Å²) in [4.78, 5) is 10.4. The molecule has 0 atom stereocenters. The lowest BCUT2D eigenvalue weighted by Gasteiger charge is -2.04. The van der Waals surface area contributed by atoms with Crippen LogP contribution in [0.4, 0.5) is 0 Å². The summed E-state index contributed by atoms with van der Waals surface area (Å²) in [5.74, 6) is -1.55. The largest absolute Gasteiger partial charge is 0.369 e. The van der Waals surface area contributed by atoms with Crippen molar-refractivity contribution in [3.8, 4) is 0 Å². The third-order valence-electron chi connectivity index (χ3n) is 1.77. The molecule has 1 aromatic carbocycles. The van der Waals surface area contributed by atoms with Crippen LogP contribution in [0.25, 0.3) is 0 Å². The van der Waals surface area contributed by atoms with Gasteiger partial charge in [-0.2, -0.15) is 0 Å². The zero-order valence-corrected chi connectivity index (χ0v) is 9.41. The molecule has 87 valence electrons. The van der Waals surface area contributed by atoms with E-state index in [0.29, 0.717) is 0 Å². The lowest BCUT2D eigenvalue weighted by molar-refractivity contribution is -0.115. The SMILES string of the molecule is NC(=O)CS(=O)(=O)NC[CH]c1ccccc1. The van der Waals surface area contributed by atoms with Gasteiger partial charge in [0.05, 0.1) is 0 Å². The molecule has 0 saturated carbocycles. The fourth-order valence-corrected chi connectivity index (χ4v) is 1.93. The number of nitrogens with two attached hydrogens (primary N) is 1. The van der Waals surface area contributed by atoms with Crippen LogP contribution < -0.4 is 10.5 Å². The fourth-order valence-electron chi connectivity index (χ4n) is 1.11. The summed E-state index contributed by atoms with van der Waals surface area (Å²) in [5.41, 5.74) is 5.70. The molecular formula is C10H13N2O3S. The Morgan fingerprint density at radius 3 is 2.50 bits per heavy atom. The van der Waals surface area contributed by atoms with E-state index in [1.807, 2.05) is 30.3 Å². The van der Waals surface area contributed by atoms with Crippen LogP contribution in [-0.2, 0) is 14.8 Å². The van der Waals surface area contributed by atoms with Gasteiger partial charge in [0.2, 0.25) is 15.9 Å². The van der Waals surface area contributed by atoms with Crippen molar-refractivity contribution in [2.75, 3.05) is 12.3 Å². The molecule has 16 heavy (non-hydrogen) atoms. The third kappa shape index (κ3) is 4.90. The summed E-state index contributed by atoms with van der Waals surface area (Å²) in [6, 6.07) is 9.27. The smallest absolute Gasteiger partial charge is 0.234 e. The first kappa shape index (κ1) is 12.7. The van der Waals surface area contributed by atoms with Crippen LogP contribution in [0.1, 0.15) is 5.56 Å². The fraction of sp³-hybridized carbons (Fsp3) is 0.200. The number of hydrogen-bond acceptors (Lipinski definition) is 3. The van der Waals surface area contributed by atoms with Crippen LogP contribution in [0.3, 0.4) is 0 Å². The monoisotopic (exact) mass is 241 g/mol. The number of benzene rings is 1. The molecular weight excluding hydrogens is 228 g/mol. The average Bonchev–Trinajstić information content (AvgIpc) is 2.16. The van der Waals surface area contributed by atoms with E-state index >= 15 is 0 Å². The summed E-state index contributed by atoms with van der Waals surface area (Å²) in [7, 11) is -3.61. The second kappa shape index (κ2) is 5.62. The zero-order valence-electron chi connectivity index (χ0n) is 8.59. The molecule has 0 heterocycles. The van der Waals surface area contributed by atoms with Crippen LogP contribution >= 0.6 is 0 Å². The Kier molecular flexibility index (Phi) is 4.45. The van der Waals surface area contributed by atoms with Crippen molar-refractivity contribution in [2.45, 2.75) is 0 Å². The van der Waals surface area contributed by atoms with Crippen LogP contribution in [0, 0.1) is 6.42 Å². The van der Waals surface area contributed by atoms with E-state index in [2.05, 4.69) is 4.72 Å². The Balaban J connectivity index is 2.39. The second-order valence-corrected chi connectivity index (χ2v) is 5.00. The van der Waals surface area contributed by atoms with Gasteiger partial charge in [0.25, 0.3) is 0 Å². The molecule has 6 heteroatoms. The van der Waals surface area contributed by atoms with Gasteiger partial charge < -0.3 is 5.73 Å². The molecule has 0 unspecified atom stereocenters. The molecule has 0 bridgehead atoms. The van der Waals surface area contributed by atoms with E-state index < -0.39 is 21.7 Å². The summed E-state index contributed by atoms with van der Waals surface area (Å²) in [5, 5.41) is 0. The minimum atomic E-state index is -3.61. The van der Waals surface area contributed by atoms with Gasteiger partial charge >= 0.3 is 0 Å². The first-order valence-corrected chi connectivity index (χ1v) is 6.29. The Bertz CT molecular complexity index is 442.